The minimum Gasteiger partial charge on any atom is -0.399 e. The van der Waals surface area contributed by atoms with Crippen molar-refractivity contribution >= 4 is 5.69 Å². The zero-order chi connectivity index (χ0) is 12.3. The molecule has 1 aromatic rings. The van der Waals surface area contributed by atoms with E-state index in [9.17, 15) is 4.39 Å². The molecule has 1 saturated carbocycles. The van der Waals surface area contributed by atoms with Gasteiger partial charge in [0.1, 0.15) is 5.82 Å². The summed E-state index contributed by atoms with van der Waals surface area (Å²) in [6.45, 7) is 3.83. The predicted octanol–water partition coefficient (Wildman–Crippen LogP) is 3.08. The van der Waals surface area contributed by atoms with E-state index in [1.54, 1.807) is 12.1 Å². The smallest absolute Gasteiger partial charge is 0.129 e. The van der Waals surface area contributed by atoms with Gasteiger partial charge in [-0.05, 0) is 36.8 Å². The molecule has 3 heteroatoms. The number of halogens is 1. The fourth-order valence-corrected chi connectivity index (χ4v) is 2.50. The number of nitrogens with two attached hydrogens (primary N) is 1. The molecule has 0 spiro atoms. The van der Waals surface area contributed by atoms with Crippen LogP contribution >= 0.6 is 0 Å². The van der Waals surface area contributed by atoms with Gasteiger partial charge in [-0.1, -0.05) is 19.4 Å². The summed E-state index contributed by atoms with van der Waals surface area (Å²) < 4.78 is 13.5. The van der Waals surface area contributed by atoms with Gasteiger partial charge >= 0.3 is 0 Å². The van der Waals surface area contributed by atoms with Gasteiger partial charge in [0, 0.05) is 24.3 Å². The molecule has 1 fully saturated rings. The molecule has 3 N–H and O–H groups in total. The Morgan fingerprint density at radius 3 is 2.71 bits per heavy atom. The van der Waals surface area contributed by atoms with E-state index >= 15 is 0 Å². The second kappa shape index (κ2) is 5.05. The molecule has 0 heterocycles. The molecule has 2 nitrogen and oxygen atoms in total. The van der Waals surface area contributed by atoms with Gasteiger partial charge < -0.3 is 11.1 Å². The van der Waals surface area contributed by atoms with Crippen molar-refractivity contribution in [1.29, 1.82) is 0 Å². The standard InChI is InChI=1S/C14H21FN2/c1-2-14(6-3-7-14)10-17-9-11-4-5-12(16)8-13(11)15/h4-5,8,17H,2-3,6-7,9-10,16H2,1H3. The van der Waals surface area contributed by atoms with Crippen molar-refractivity contribution in [2.24, 2.45) is 5.41 Å². The minimum atomic E-state index is -0.211. The molecule has 0 aliphatic heterocycles. The molecule has 94 valence electrons. The van der Waals surface area contributed by atoms with Gasteiger partial charge in [-0.15, -0.1) is 0 Å². The van der Waals surface area contributed by atoms with Crippen molar-refractivity contribution < 1.29 is 4.39 Å². The highest BCUT2D eigenvalue weighted by Gasteiger charge is 2.34. The van der Waals surface area contributed by atoms with E-state index in [4.69, 9.17) is 5.73 Å². The molecular formula is C14H21FN2. The Morgan fingerprint density at radius 1 is 1.41 bits per heavy atom. The average Bonchev–Trinajstić information content (AvgIpc) is 2.25. The highest BCUT2D eigenvalue weighted by Crippen LogP contribution is 2.43. The van der Waals surface area contributed by atoms with Crippen molar-refractivity contribution in [3.8, 4) is 0 Å². The number of nitrogens with one attached hydrogen (secondary N) is 1. The van der Waals surface area contributed by atoms with E-state index in [-0.39, 0.29) is 5.82 Å². The van der Waals surface area contributed by atoms with E-state index in [1.807, 2.05) is 0 Å². The van der Waals surface area contributed by atoms with Crippen molar-refractivity contribution in [2.45, 2.75) is 39.2 Å². The second-order valence-corrected chi connectivity index (χ2v) is 5.16. The van der Waals surface area contributed by atoms with Gasteiger partial charge in [0.05, 0.1) is 0 Å². The fraction of sp³-hybridized carbons (Fsp3) is 0.571. The Hall–Kier alpha value is -1.09. The Kier molecular flexibility index (Phi) is 3.67. The fourth-order valence-electron chi connectivity index (χ4n) is 2.50. The third kappa shape index (κ3) is 2.78. The maximum Gasteiger partial charge on any atom is 0.129 e. The number of nitrogen functional groups attached to an aromatic ring is 1. The van der Waals surface area contributed by atoms with Crippen LogP contribution in [0.3, 0.4) is 0 Å². The van der Waals surface area contributed by atoms with Gasteiger partial charge in [0.25, 0.3) is 0 Å². The minimum absolute atomic E-state index is 0.211. The number of rotatable bonds is 5. The van der Waals surface area contributed by atoms with Crippen LogP contribution < -0.4 is 11.1 Å². The second-order valence-electron chi connectivity index (χ2n) is 5.16. The molecule has 0 atom stereocenters. The van der Waals surface area contributed by atoms with Crippen LogP contribution in [-0.4, -0.2) is 6.54 Å². The Bertz CT molecular complexity index is 380. The maximum absolute atomic E-state index is 13.5. The first-order chi connectivity index (χ1) is 8.15. The molecule has 1 aromatic carbocycles. The molecule has 17 heavy (non-hydrogen) atoms. The van der Waals surface area contributed by atoms with Crippen LogP contribution in [0.2, 0.25) is 0 Å². The van der Waals surface area contributed by atoms with Crippen molar-refractivity contribution in [3.63, 3.8) is 0 Å². The van der Waals surface area contributed by atoms with Gasteiger partial charge in [-0.25, -0.2) is 4.39 Å². The molecule has 0 aromatic heterocycles. The molecule has 2 rings (SSSR count). The zero-order valence-electron chi connectivity index (χ0n) is 10.4. The first-order valence-electron chi connectivity index (χ1n) is 6.40. The van der Waals surface area contributed by atoms with Gasteiger partial charge in [-0.2, -0.15) is 0 Å². The topological polar surface area (TPSA) is 38.0 Å². The average molecular weight is 236 g/mol. The third-order valence-corrected chi connectivity index (χ3v) is 4.06. The molecule has 0 unspecified atom stereocenters. The number of anilines is 1. The summed E-state index contributed by atoms with van der Waals surface area (Å²) >= 11 is 0. The summed E-state index contributed by atoms with van der Waals surface area (Å²) in [6, 6.07) is 4.89. The first-order valence-corrected chi connectivity index (χ1v) is 6.40. The van der Waals surface area contributed by atoms with Gasteiger partial charge in [-0.3, -0.25) is 0 Å². The number of hydrogen-bond donors (Lipinski definition) is 2. The van der Waals surface area contributed by atoms with Crippen LogP contribution in [0.25, 0.3) is 0 Å². The molecule has 0 bridgehead atoms. The van der Waals surface area contributed by atoms with Crippen molar-refractivity contribution in [2.75, 3.05) is 12.3 Å². The Labute approximate surface area is 102 Å². The lowest BCUT2D eigenvalue weighted by atomic mass is 9.67. The van der Waals surface area contributed by atoms with E-state index in [0.29, 0.717) is 23.2 Å². The molecular weight excluding hydrogens is 215 g/mol. The number of benzene rings is 1. The van der Waals surface area contributed by atoms with Crippen LogP contribution in [0.15, 0.2) is 18.2 Å². The lowest BCUT2D eigenvalue weighted by Gasteiger charge is -2.41. The zero-order valence-corrected chi connectivity index (χ0v) is 10.4. The lowest BCUT2D eigenvalue weighted by Crippen LogP contribution is -2.39. The monoisotopic (exact) mass is 236 g/mol. The summed E-state index contributed by atoms with van der Waals surface area (Å²) in [7, 11) is 0. The SMILES string of the molecule is CCC1(CNCc2ccc(N)cc2F)CCC1. The largest absolute Gasteiger partial charge is 0.399 e. The molecule has 1 aliphatic rings. The lowest BCUT2D eigenvalue weighted by molar-refractivity contribution is 0.123. The Morgan fingerprint density at radius 2 is 2.18 bits per heavy atom. The molecule has 0 amide bonds. The predicted molar refractivity (Wildman–Crippen MR) is 69.1 cm³/mol. The van der Waals surface area contributed by atoms with Crippen LogP contribution in [0.1, 0.15) is 38.2 Å². The van der Waals surface area contributed by atoms with Crippen LogP contribution in [-0.2, 0) is 6.54 Å². The van der Waals surface area contributed by atoms with Crippen LogP contribution in [0.4, 0.5) is 10.1 Å². The normalized spacial score (nSPS) is 17.8. The first kappa shape index (κ1) is 12.4. The van der Waals surface area contributed by atoms with Crippen LogP contribution in [0.5, 0.6) is 0 Å². The summed E-state index contributed by atoms with van der Waals surface area (Å²) in [4.78, 5) is 0. The summed E-state index contributed by atoms with van der Waals surface area (Å²) in [5.41, 5.74) is 7.17. The van der Waals surface area contributed by atoms with Crippen molar-refractivity contribution in [1.82, 2.24) is 5.32 Å². The highest BCUT2D eigenvalue weighted by molar-refractivity contribution is 5.40. The molecule has 1 aliphatic carbocycles. The van der Waals surface area contributed by atoms with E-state index in [0.717, 1.165) is 6.54 Å². The number of hydrogen-bond acceptors (Lipinski definition) is 2. The van der Waals surface area contributed by atoms with Gasteiger partial charge in [0.15, 0.2) is 0 Å². The van der Waals surface area contributed by atoms with E-state index in [2.05, 4.69) is 12.2 Å². The maximum atomic E-state index is 13.5. The van der Waals surface area contributed by atoms with Crippen molar-refractivity contribution in [3.05, 3.63) is 29.6 Å². The Balaban J connectivity index is 1.85. The third-order valence-electron chi connectivity index (χ3n) is 4.06. The quantitative estimate of drug-likeness (QED) is 0.771. The van der Waals surface area contributed by atoms with Gasteiger partial charge in [0.2, 0.25) is 0 Å². The summed E-state index contributed by atoms with van der Waals surface area (Å²) in [5, 5.41) is 3.37. The molecule has 0 radical (unpaired) electrons. The summed E-state index contributed by atoms with van der Waals surface area (Å²) in [5.74, 6) is -0.211. The van der Waals surface area contributed by atoms with E-state index < -0.39 is 0 Å². The van der Waals surface area contributed by atoms with Crippen LogP contribution in [0, 0.1) is 11.2 Å². The highest BCUT2D eigenvalue weighted by atomic mass is 19.1. The summed E-state index contributed by atoms with van der Waals surface area (Å²) in [6.07, 6.45) is 5.16. The molecule has 0 saturated heterocycles. The van der Waals surface area contributed by atoms with E-state index in [1.165, 1.54) is 31.7 Å².